The Morgan fingerprint density at radius 3 is 2.45 bits per heavy atom. The fourth-order valence-electron chi connectivity index (χ4n) is 5.43. The van der Waals surface area contributed by atoms with Gasteiger partial charge in [0.2, 0.25) is 0 Å². The minimum Gasteiger partial charge on any atom is -0.390 e. The molecule has 2 N–H and O–H groups in total. The molecule has 0 aromatic carbocycles. The predicted octanol–water partition coefficient (Wildman–Crippen LogP) is 4.47. The highest BCUT2D eigenvalue weighted by Crippen LogP contribution is 2.62. The molecule has 2 nitrogen and oxygen atoms in total. The summed E-state index contributed by atoms with van der Waals surface area (Å²) in [5.41, 5.74) is 0.449. The summed E-state index contributed by atoms with van der Waals surface area (Å²) in [4.78, 5) is 0. The molecule has 0 bridgehead atoms. The topological polar surface area (TPSA) is 40.5 Å². The smallest absolute Gasteiger partial charge is 0.0913 e. The van der Waals surface area contributed by atoms with Crippen molar-refractivity contribution in [3.63, 3.8) is 0 Å². The Bertz CT molecular complexity index is 460. The van der Waals surface area contributed by atoms with Gasteiger partial charge in [-0.25, -0.2) is 0 Å². The van der Waals surface area contributed by atoms with E-state index >= 15 is 0 Å². The van der Waals surface area contributed by atoms with E-state index in [9.17, 15) is 10.2 Å². The summed E-state index contributed by atoms with van der Waals surface area (Å²) in [7, 11) is 0. The molecule has 0 aromatic heterocycles. The normalized spacial score (nSPS) is 45.2. The third-order valence-corrected chi connectivity index (χ3v) is 6.91. The first kappa shape index (κ1) is 17.7. The lowest BCUT2D eigenvalue weighted by Gasteiger charge is -2.62. The van der Waals surface area contributed by atoms with E-state index in [4.69, 9.17) is 0 Å². The summed E-state index contributed by atoms with van der Waals surface area (Å²) in [5.74, 6) is 0.551. The van der Waals surface area contributed by atoms with E-state index in [1.165, 1.54) is 12.8 Å². The number of rotatable bonds is 3. The molecule has 0 radical (unpaired) electrons. The van der Waals surface area contributed by atoms with E-state index < -0.39 is 11.7 Å². The van der Waals surface area contributed by atoms with Crippen molar-refractivity contribution in [2.45, 2.75) is 78.4 Å². The molecule has 2 aliphatic rings. The summed E-state index contributed by atoms with van der Waals surface area (Å²) < 4.78 is 0. The van der Waals surface area contributed by atoms with Crippen molar-refractivity contribution in [3.8, 4) is 0 Å². The fraction of sp³-hybridized carbons (Fsp3) is 0.800. The zero-order valence-corrected chi connectivity index (χ0v) is 15.0. The van der Waals surface area contributed by atoms with Gasteiger partial charge in [-0.3, -0.25) is 0 Å². The summed E-state index contributed by atoms with van der Waals surface area (Å²) >= 11 is 0. The lowest BCUT2D eigenvalue weighted by Crippen LogP contribution is -2.63. The van der Waals surface area contributed by atoms with Crippen molar-refractivity contribution >= 4 is 0 Å². The number of hydrogen-bond acceptors (Lipinski definition) is 2. The molecule has 22 heavy (non-hydrogen) atoms. The Labute approximate surface area is 136 Å². The first-order valence-electron chi connectivity index (χ1n) is 8.75. The largest absolute Gasteiger partial charge is 0.390 e. The number of aliphatic hydroxyl groups excluding tert-OH is 1. The quantitative estimate of drug-likeness (QED) is 0.755. The SMILES string of the molecule is C=C/C(C)=C\C[C@@H]1[C@@](C)(O)[C@H](O)C[C@@H]2C(C)(C)CCC[C@]21C. The van der Waals surface area contributed by atoms with Crippen molar-refractivity contribution in [1.82, 2.24) is 0 Å². The van der Waals surface area contributed by atoms with Crippen LogP contribution in [0.4, 0.5) is 0 Å². The summed E-state index contributed by atoms with van der Waals surface area (Å²) in [6.45, 7) is 14.7. The van der Waals surface area contributed by atoms with Crippen molar-refractivity contribution < 1.29 is 10.2 Å². The molecule has 0 spiro atoms. The Morgan fingerprint density at radius 1 is 1.23 bits per heavy atom. The van der Waals surface area contributed by atoms with Crippen LogP contribution in [0.25, 0.3) is 0 Å². The minimum absolute atomic E-state index is 0.0857. The molecule has 2 fully saturated rings. The molecular formula is C20H34O2. The van der Waals surface area contributed by atoms with E-state index in [2.05, 4.69) is 33.4 Å². The zero-order chi connectivity index (χ0) is 16.8. The molecule has 5 atom stereocenters. The van der Waals surface area contributed by atoms with E-state index in [0.29, 0.717) is 5.92 Å². The second kappa shape index (κ2) is 5.79. The van der Waals surface area contributed by atoms with Gasteiger partial charge >= 0.3 is 0 Å². The molecule has 126 valence electrons. The minimum atomic E-state index is -1.02. The fourth-order valence-corrected chi connectivity index (χ4v) is 5.43. The van der Waals surface area contributed by atoms with Gasteiger partial charge in [0.15, 0.2) is 0 Å². The zero-order valence-electron chi connectivity index (χ0n) is 15.0. The maximum atomic E-state index is 11.1. The first-order valence-corrected chi connectivity index (χ1v) is 8.75. The second-order valence-corrected chi connectivity index (χ2v) is 8.82. The molecule has 2 heteroatoms. The van der Waals surface area contributed by atoms with Crippen LogP contribution in [-0.4, -0.2) is 21.9 Å². The molecule has 0 unspecified atom stereocenters. The van der Waals surface area contributed by atoms with Crippen molar-refractivity contribution in [2.75, 3.05) is 0 Å². The average molecular weight is 306 g/mol. The lowest BCUT2D eigenvalue weighted by atomic mass is 9.44. The third kappa shape index (κ3) is 2.80. The molecule has 2 aliphatic carbocycles. The molecule has 0 heterocycles. The molecule has 0 saturated heterocycles. The van der Waals surface area contributed by atoms with E-state index in [1.54, 1.807) is 0 Å². The third-order valence-electron chi connectivity index (χ3n) is 6.91. The van der Waals surface area contributed by atoms with E-state index in [0.717, 1.165) is 24.8 Å². The molecular weight excluding hydrogens is 272 g/mol. The number of hydrogen-bond donors (Lipinski definition) is 2. The van der Waals surface area contributed by atoms with Gasteiger partial charge in [0.25, 0.3) is 0 Å². The highest BCUT2D eigenvalue weighted by Gasteiger charge is 2.60. The summed E-state index contributed by atoms with van der Waals surface area (Å²) in [5, 5.41) is 21.7. The molecule has 0 amide bonds. The maximum absolute atomic E-state index is 11.1. The molecule has 2 rings (SSSR count). The number of allylic oxidation sites excluding steroid dienone is 3. The van der Waals surface area contributed by atoms with Gasteiger partial charge in [-0.05, 0) is 62.2 Å². The van der Waals surface area contributed by atoms with E-state index in [1.807, 2.05) is 19.9 Å². The Hall–Kier alpha value is -0.600. The van der Waals surface area contributed by atoms with Crippen molar-refractivity contribution in [3.05, 3.63) is 24.3 Å². The Balaban J connectivity index is 2.42. The standard InChI is InChI=1S/C20H34O2/c1-7-14(2)9-10-15-19(5)12-8-11-18(3,4)16(19)13-17(21)20(15,6)22/h7,9,15-17,21-22H,1,8,10-13H2,2-6H3/b14-9-/t15-,16+,17+,19-,20+/m0/s1. The molecule has 0 aliphatic heterocycles. The van der Waals surface area contributed by atoms with Crippen LogP contribution in [0.3, 0.4) is 0 Å². The highest BCUT2D eigenvalue weighted by atomic mass is 16.3. The van der Waals surface area contributed by atoms with Crippen LogP contribution < -0.4 is 0 Å². The van der Waals surface area contributed by atoms with Crippen LogP contribution in [0.5, 0.6) is 0 Å². The van der Waals surface area contributed by atoms with Crippen LogP contribution in [0.2, 0.25) is 0 Å². The molecule has 0 aromatic rings. The van der Waals surface area contributed by atoms with Gasteiger partial charge in [0.05, 0.1) is 11.7 Å². The van der Waals surface area contributed by atoms with Crippen molar-refractivity contribution in [2.24, 2.45) is 22.7 Å². The van der Waals surface area contributed by atoms with Gasteiger partial charge in [0, 0.05) is 0 Å². The Morgan fingerprint density at radius 2 is 1.86 bits per heavy atom. The lowest BCUT2D eigenvalue weighted by molar-refractivity contribution is -0.217. The van der Waals surface area contributed by atoms with Crippen molar-refractivity contribution in [1.29, 1.82) is 0 Å². The maximum Gasteiger partial charge on any atom is 0.0913 e. The van der Waals surface area contributed by atoms with Crippen LogP contribution in [0.15, 0.2) is 24.3 Å². The van der Waals surface area contributed by atoms with Gasteiger partial charge < -0.3 is 10.2 Å². The van der Waals surface area contributed by atoms with Gasteiger partial charge in [0.1, 0.15) is 0 Å². The van der Waals surface area contributed by atoms with Crippen LogP contribution in [-0.2, 0) is 0 Å². The van der Waals surface area contributed by atoms with Gasteiger partial charge in [-0.15, -0.1) is 0 Å². The summed E-state index contributed by atoms with van der Waals surface area (Å²) in [6, 6.07) is 0. The second-order valence-electron chi connectivity index (χ2n) is 8.82. The summed E-state index contributed by atoms with van der Waals surface area (Å²) in [6.07, 6.45) is 8.51. The average Bonchev–Trinajstić information content (AvgIpc) is 2.40. The number of aliphatic hydroxyl groups is 2. The van der Waals surface area contributed by atoms with Crippen LogP contribution >= 0.6 is 0 Å². The predicted molar refractivity (Wildman–Crippen MR) is 92.5 cm³/mol. The van der Waals surface area contributed by atoms with Gasteiger partial charge in [-0.2, -0.15) is 0 Å². The molecule has 2 saturated carbocycles. The van der Waals surface area contributed by atoms with Crippen LogP contribution in [0, 0.1) is 22.7 Å². The number of fused-ring (bicyclic) bond motifs is 1. The highest BCUT2D eigenvalue weighted by molar-refractivity contribution is 5.17. The monoisotopic (exact) mass is 306 g/mol. The Kier molecular flexibility index (Phi) is 4.68. The first-order chi connectivity index (χ1) is 10.1. The van der Waals surface area contributed by atoms with E-state index in [-0.39, 0.29) is 16.7 Å². The van der Waals surface area contributed by atoms with Crippen LogP contribution in [0.1, 0.15) is 66.7 Å². The van der Waals surface area contributed by atoms with Gasteiger partial charge in [-0.1, -0.05) is 51.5 Å².